The van der Waals surface area contributed by atoms with E-state index < -0.39 is 0 Å². The summed E-state index contributed by atoms with van der Waals surface area (Å²) in [5.41, 5.74) is 0. The van der Waals surface area contributed by atoms with E-state index >= 15 is 0 Å². The molecule has 114 valence electrons. The fraction of sp³-hybridized carbons (Fsp3) is 0.250. The second kappa shape index (κ2) is 7.11. The third kappa shape index (κ3) is 3.51. The molecule has 0 nitrogen and oxygen atoms in total. The SMILES string of the molecule is IC1=CCC(C2CC=C(c3ccc(-c4ccc(I)s4)s3)S2)S1. The average Bonchev–Trinajstić information content (AvgIpc) is 3.24. The standard InChI is InChI=1S/C16H12I2S4/c17-15-7-5-13(21-15)11-3-1-9(19-11)10-2-4-12(20-10)14-6-8-16(18)22-14/h1-3,5,7-8,12,14H,4,6H2. The maximum atomic E-state index is 2.46. The van der Waals surface area contributed by atoms with Gasteiger partial charge in [-0.15, -0.1) is 46.2 Å². The summed E-state index contributed by atoms with van der Waals surface area (Å²) < 4.78 is 2.83. The number of rotatable bonds is 3. The Morgan fingerprint density at radius 3 is 2.18 bits per heavy atom. The molecule has 2 aromatic rings. The Morgan fingerprint density at radius 1 is 0.773 bits per heavy atom. The van der Waals surface area contributed by atoms with Gasteiger partial charge in [0.2, 0.25) is 0 Å². The molecule has 6 heteroatoms. The van der Waals surface area contributed by atoms with E-state index in [2.05, 4.69) is 105 Å². The first kappa shape index (κ1) is 16.5. The number of hydrogen-bond acceptors (Lipinski definition) is 4. The topological polar surface area (TPSA) is 0 Å². The molecular formula is C16H12I2S4. The van der Waals surface area contributed by atoms with Crippen LogP contribution in [0.4, 0.5) is 0 Å². The highest BCUT2D eigenvalue weighted by Gasteiger charge is 2.30. The highest BCUT2D eigenvalue weighted by Crippen LogP contribution is 2.50. The lowest BCUT2D eigenvalue weighted by atomic mass is 10.1. The zero-order chi connectivity index (χ0) is 15.1. The van der Waals surface area contributed by atoms with Gasteiger partial charge in [0.25, 0.3) is 0 Å². The summed E-state index contributed by atoms with van der Waals surface area (Å²) in [5, 5.41) is 1.51. The predicted molar refractivity (Wildman–Crippen MR) is 122 cm³/mol. The Hall–Kier alpha value is 1.04. The number of allylic oxidation sites excluding steroid dienone is 2. The summed E-state index contributed by atoms with van der Waals surface area (Å²) in [6.07, 6.45) is 7.30. The molecular weight excluding hydrogens is 574 g/mol. The van der Waals surface area contributed by atoms with Gasteiger partial charge in [0.1, 0.15) is 0 Å². The quantitative estimate of drug-likeness (QED) is 0.338. The van der Waals surface area contributed by atoms with E-state index in [1.807, 2.05) is 22.7 Å². The van der Waals surface area contributed by atoms with Crippen LogP contribution in [-0.4, -0.2) is 10.5 Å². The second-order valence-corrected chi connectivity index (χ2v) is 13.6. The van der Waals surface area contributed by atoms with Gasteiger partial charge in [-0.1, -0.05) is 12.2 Å². The summed E-state index contributed by atoms with van der Waals surface area (Å²) in [7, 11) is 0. The van der Waals surface area contributed by atoms with Crippen LogP contribution in [0.2, 0.25) is 0 Å². The highest BCUT2D eigenvalue weighted by atomic mass is 127. The molecule has 0 aliphatic carbocycles. The molecule has 0 radical (unpaired) electrons. The summed E-state index contributed by atoms with van der Waals surface area (Å²) in [4.78, 5) is 5.73. The van der Waals surface area contributed by atoms with Crippen LogP contribution in [0.5, 0.6) is 0 Å². The molecule has 0 aromatic carbocycles. The second-order valence-electron chi connectivity index (χ2n) is 5.13. The number of thiophene rings is 2. The lowest BCUT2D eigenvalue weighted by Crippen LogP contribution is -2.13. The van der Waals surface area contributed by atoms with E-state index in [1.165, 1.54) is 38.2 Å². The lowest BCUT2D eigenvalue weighted by molar-refractivity contribution is 0.821. The van der Waals surface area contributed by atoms with Gasteiger partial charge in [-0.2, -0.15) is 0 Å². The van der Waals surface area contributed by atoms with Crippen LogP contribution in [0.3, 0.4) is 0 Å². The van der Waals surface area contributed by atoms with Gasteiger partial charge in [0.15, 0.2) is 0 Å². The number of hydrogen-bond donors (Lipinski definition) is 0. The first-order chi connectivity index (χ1) is 10.7. The molecule has 22 heavy (non-hydrogen) atoms. The van der Waals surface area contributed by atoms with Gasteiger partial charge in [0.05, 0.1) is 2.88 Å². The molecule has 4 heterocycles. The van der Waals surface area contributed by atoms with E-state index in [4.69, 9.17) is 0 Å². The molecule has 2 atom stereocenters. The van der Waals surface area contributed by atoms with Crippen molar-refractivity contribution in [2.24, 2.45) is 0 Å². The molecule has 0 saturated heterocycles. The van der Waals surface area contributed by atoms with Crippen molar-refractivity contribution in [3.63, 3.8) is 0 Å². The Kier molecular flexibility index (Phi) is 5.34. The average molecular weight is 586 g/mol. The molecule has 0 fully saturated rings. The Bertz CT molecular complexity index is 756. The maximum absolute atomic E-state index is 2.46. The number of halogens is 2. The van der Waals surface area contributed by atoms with E-state index in [9.17, 15) is 0 Å². The van der Waals surface area contributed by atoms with E-state index in [-0.39, 0.29) is 0 Å². The van der Waals surface area contributed by atoms with E-state index in [0.29, 0.717) is 0 Å². The van der Waals surface area contributed by atoms with Crippen molar-refractivity contribution in [1.82, 2.24) is 0 Å². The fourth-order valence-electron chi connectivity index (χ4n) is 2.60. The van der Waals surface area contributed by atoms with Gasteiger partial charge in [0, 0.05) is 32.9 Å². The highest BCUT2D eigenvalue weighted by molar-refractivity contribution is 14.1. The predicted octanol–water partition coefficient (Wildman–Crippen LogP) is 7.71. The van der Waals surface area contributed by atoms with Crippen LogP contribution >= 0.6 is 91.4 Å². The van der Waals surface area contributed by atoms with Gasteiger partial charge >= 0.3 is 0 Å². The van der Waals surface area contributed by atoms with Crippen LogP contribution in [0.1, 0.15) is 17.7 Å². The monoisotopic (exact) mass is 586 g/mol. The van der Waals surface area contributed by atoms with E-state index in [1.54, 1.807) is 0 Å². The van der Waals surface area contributed by atoms with Crippen LogP contribution < -0.4 is 0 Å². The molecule has 0 amide bonds. The Morgan fingerprint density at radius 2 is 1.45 bits per heavy atom. The molecule has 2 aliphatic rings. The molecule has 0 N–H and O–H groups in total. The van der Waals surface area contributed by atoms with Gasteiger partial charge in [-0.05, 0) is 82.3 Å². The zero-order valence-electron chi connectivity index (χ0n) is 11.4. The van der Waals surface area contributed by atoms with Gasteiger partial charge in [-0.25, -0.2) is 0 Å². The van der Waals surface area contributed by atoms with Crippen molar-refractivity contribution in [2.75, 3.05) is 0 Å². The molecule has 0 saturated carbocycles. The zero-order valence-corrected chi connectivity index (χ0v) is 19.0. The minimum absolute atomic E-state index is 0.747. The Balaban J connectivity index is 1.46. The van der Waals surface area contributed by atoms with Crippen LogP contribution in [-0.2, 0) is 0 Å². The third-order valence-electron chi connectivity index (χ3n) is 3.67. The summed E-state index contributed by atoms with van der Waals surface area (Å²) in [6, 6.07) is 9.03. The molecule has 2 aromatic heterocycles. The first-order valence-electron chi connectivity index (χ1n) is 6.94. The number of thioether (sulfide) groups is 2. The van der Waals surface area contributed by atoms with Crippen molar-refractivity contribution in [3.05, 3.63) is 47.1 Å². The van der Waals surface area contributed by atoms with Crippen LogP contribution in [0.25, 0.3) is 14.7 Å². The summed E-state index contributed by atoms with van der Waals surface area (Å²) in [6.45, 7) is 0. The maximum Gasteiger partial charge on any atom is 0.0660 e. The minimum Gasteiger partial charge on any atom is -0.134 e. The molecule has 0 spiro atoms. The van der Waals surface area contributed by atoms with Crippen molar-refractivity contribution in [1.29, 1.82) is 0 Å². The normalized spacial score (nSPS) is 24.6. The first-order valence-corrected chi connectivity index (χ1v) is 12.5. The van der Waals surface area contributed by atoms with Crippen molar-refractivity contribution < 1.29 is 0 Å². The van der Waals surface area contributed by atoms with Crippen molar-refractivity contribution in [2.45, 2.75) is 23.3 Å². The molecule has 4 rings (SSSR count). The van der Waals surface area contributed by atoms with Crippen LogP contribution in [0.15, 0.2) is 39.3 Å². The molecule has 2 aliphatic heterocycles. The largest absolute Gasteiger partial charge is 0.134 e. The fourth-order valence-corrected chi connectivity index (χ4v) is 9.18. The summed E-state index contributed by atoms with van der Waals surface area (Å²) >= 11 is 12.8. The van der Waals surface area contributed by atoms with E-state index in [0.717, 1.165) is 10.5 Å². The minimum atomic E-state index is 0.747. The molecule has 2 unspecified atom stereocenters. The van der Waals surface area contributed by atoms with Crippen molar-refractivity contribution in [3.8, 4) is 9.75 Å². The summed E-state index contributed by atoms with van der Waals surface area (Å²) in [5.74, 6) is 0. The third-order valence-corrected chi connectivity index (χ3v) is 11.1. The Labute approximate surface area is 174 Å². The molecule has 0 bridgehead atoms. The lowest BCUT2D eigenvalue weighted by Gasteiger charge is -2.16. The smallest absolute Gasteiger partial charge is 0.0660 e. The van der Waals surface area contributed by atoms with Gasteiger partial charge < -0.3 is 0 Å². The van der Waals surface area contributed by atoms with Gasteiger partial charge in [-0.3, -0.25) is 0 Å². The van der Waals surface area contributed by atoms with Crippen molar-refractivity contribution >= 4 is 96.3 Å². The van der Waals surface area contributed by atoms with Crippen LogP contribution in [0, 0.1) is 2.88 Å².